The Balaban J connectivity index is 2.12. The van der Waals surface area contributed by atoms with Gasteiger partial charge in [-0.15, -0.1) is 0 Å². The summed E-state index contributed by atoms with van der Waals surface area (Å²) in [5.74, 6) is 0.514. The van der Waals surface area contributed by atoms with Gasteiger partial charge in [-0.05, 0) is 32.8 Å². The van der Waals surface area contributed by atoms with E-state index in [-0.39, 0.29) is 11.6 Å². The Morgan fingerprint density at radius 3 is 2.75 bits per heavy atom. The van der Waals surface area contributed by atoms with Crippen molar-refractivity contribution in [1.29, 1.82) is 0 Å². The molecule has 1 fully saturated rings. The van der Waals surface area contributed by atoms with Crippen LogP contribution in [0.3, 0.4) is 0 Å². The van der Waals surface area contributed by atoms with Crippen LogP contribution in [0.2, 0.25) is 0 Å². The zero-order valence-electron chi connectivity index (χ0n) is 10.4. The fourth-order valence-corrected chi connectivity index (χ4v) is 2.14. The van der Waals surface area contributed by atoms with Gasteiger partial charge in [0.05, 0.1) is 11.7 Å². The minimum atomic E-state index is 0.0580. The molecule has 4 nitrogen and oxygen atoms in total. The zero-order chi connectivity index (χ0) is 11.8. The molecule has 0 spiro atoms. The van der Waals surface area contributed by atoms with E-state index in [9.17, 15) is 0 Å². The van der Waals surface area contributed by atoms with Crippen molar-refractivity contribution >= 4 is 0 Å². The fraction of sp³-hybridized carbons (Fsp3) is 0.750. The maximum Gasteiger partial charge on any atom is 0.0543 e. The predicted octanol–water partition coefficient (Wildman–Crippen LogP) is 1.04. The molecule has 2 heterocycles. The summed E-state index contributed by atoms with van der Waals surface area (Å²) in [6, 6.07) is 0.275. The highest BCUT2D eigenvalue weighted by atomic mass is 15.3. The molecular weight excluding hydrogens is 200 g/mol. The average Bonchev–Trinajstić information content (AvgIpc) is 2.65. The summed E-state index contributed by atoms with van der Waals surface area (Å²) < 4.78 is 2.03. The normalized spacial score (nSPS) is 27.0. The van der Waals surface area contributed by atoms with Crippen molar-refractivity contribution in [2.45, 2.75) is 44.7 Å². The van der Waals surface area contributed by atoms with Crippen molar-refractivity contribution in [3.05, 3.63) is 18.0 Å². The lowest BCUT2D eigenvalue weighted by Gasteiger charge is -2.27. The van der Waals surface area contributed by atoms with Crippen LogP contribution < -0.4 is 11.1 Å². The van der Waals surface area contributed by atoms with Crippen molar-refractivity contribution in [2.75, 3.05) is 13.1 Å². The number of hydrogen-bond donors (Lipinski definition) is 2. The van der Waals surface area contributed by atoms with Crippen molar-refractivity contribution in [3.8, 4) is 0 Å². The van der Waals surface area contributed by atoms with E-state index in [1.807, 2.05) is 10.9 Å². The molecular formula is C12H22N4. The third-order valence-electron chi connectivity index (χ3n) is 3.15. The van der Waals surface area contributed by atoms with Crippen LogP contribution in [0.5, 0.6) is 0 Å². The second-order valence-electron chi connectivity index (χ2n) is 5.74. The van der Waals surface area contributed by atoms with Gasteiger partial charge in [0.1, 0.15) is 0 Å². The van der Waals surface area contributed by atoms with E-state index in [0.717, 1.165) is 19.5 Å². The molecule has 2 rings (SSSR count). The van der Waals surface area contributed by atoms with E-state index in [2.05, 4.69) is 37.4 Å². The first-order chi connectivity index (χ1) is 7.47. The van der Waals surface area contributed by atoms with Crippen LogP contribution in [0.25, 0.3) is 0 Å². The third-order valence-corrected chi connectivity index (χ3v) is 3.15. The molecule has 1 aliphatic rings. The van der Waals surface area contributed by atoms with Gasteiger partial charge in [-0.25, -0.2) is 0 Å². The van der Waals surface area contributed by atoms with Crippen molar-refractivity contribution in [3.63, 3.8) is 0 Å². The number of hydrogen-bond acceptors (Lipinski definition) is 3. The molecule has 1 aromatic rings. The van der Waals surface area contributed by atoms with Gasteiger partial charge in [0.15, 0.2) is 0 Å². The summed E-state index contributed by atoms with van der Waals surface area (Å²) in [7, 11) is 0. The monoisotopic (exact) mass is 222 g/mol. The Bertz CT molecular complexity index is 350. The van der Waals surface area contributed by atoms with Gasteiger partial charge < -0.3 is 11.1 Å². The van der Waals surface area contributed by atoms with Crippen molar-refractivity contribution < 1.29 is 0 Å². The van der Waals surface area contributed by atoms with Gasteiger partial charge in [-0.2, -0.15) is 5.10 Å². The smallest absolute Gasteiger partial charge is 0.0543 e. The summed E-state index contributed by atoms with van der Waals surface area (Å²) in [6.07, 6.45) is 5.20. The minimum absolute atomic E-state index is 0.0580. The van der Waals surface area contributed by atoms with Gasteiger partial charge in [-0.1, -0.05) is 0 Å². The van der Waals surface area contributed by atoms with Crippen LogP contribution in [0, 0.1) is 0 Å². The Morgan fingerprint density at radius 1 is 1.44 bits per heavy atom. The van der Waals surface area contributed by atoms with E-state index in [4.69, 9.17) is 5.73 Å². The van der Waals surface area contributed by atoms with Gasteiger partial charge in [-0.3, -0.25) is 4.68 Å². The molecule has 0 amide bonds. The number of aromatic nitrogens is 2. The minimum Gasteiger partial charge on any atom is -0.327 e. The second-order valence-corrected chi connectivity index (χ2v) is 5.74. The molecule has 0 aromatic carbocycles. The Hall–Kier alpha value is -0.870. The Labute approximate surface area is 97.2 Å². The van der Waals surface area contributed by atoms with Gasteiger partial charge >= 0.3 is 0 Å². The number of nitrogens with zero attached hydrogens (tertiary/aromatic N) is 2. The summed E-state index contributed by atoms with van der Waals surface area (Å²) >= 11 is 0. The molecule has 16 heavy (non-hydrogen) atoms. The average molecular weight is 222 g/mol. The topological polar surface area (TPSA) is 55.9 Å². The van der Waals surface area contributed by atoms with Crippen LogP contribution in [0.15, 0.2) is 12.4 Å². The third kappa shape index (κ3) is 2.44. The predicted molar refractivity (Wildman–Crippen MR) is 65.4 cm³/mol. The lowest BCUT2D eigenvalue weighted by atomic mass is 9.91. The first-order valence-electron chi connectivity index (χ1n) is 5.98. The fourth-order valence-electron chi connectivity index (χ4n) is 2.14. The largest absolute Gasteiger partial charge is 0.327 e. The summed E-state index contributed by atoms with van der Waals surface area (Å²) in [6.45, 7) is 8.44. The molecule has 3 N–H and O–H groups in total. The molecule has 0 saturated carbocycles. The van der Waals surface area contributed by atoms with E-state index >= 15 is 0 Å². The van der Waals surface area contributed by atoms with Crippen LogP contribution >= 0.6 is 0 Å². The standard InChI is InChI=1S/C12H22N4/c1-12(2,3)16-8-10(6-15-16)9-4-11(13)7-14-5-9/h6,8-9,11,14H,4-5,7,13H2,1-3H3. The Kier molecular flexibility index (Phi) is 3.04. The maximum atomic E-state index is 5.97. The molecule has 4 heteroatoms. The van der Waals surface area contributed by atoms with E-state index in [1.165, 1.54) is 5.56 Å². The van der Waals surface area contributed by atoms with Crippen molar-refractivity contribution in [1.82, 2.24) is 15.1 Å². The van der Waals surface area contributed by atoms with Gasteiger partial charge in [0.2, 0.25) is 0 Å². The number of rotatable bonds is 1. The van der Waals surface area contributed by atoms with Gasteiger partial charge in [0, 0.05) is 31.2 Å². The molecule has 1 aliphatic heterocycles. The Morgan fingerprint density at radius 2 is 2.19 bits per heavy atom. The second kappa shape index (κ2) is 4.18. The molecule has 1 saturated heterocycles. The van der Waals surface area contributed by atoms with E-state index < -0.39 is 0 Å². The molecule has 2 unspecified atom stereocenters. The van der Waals surface area contributed by atoms with Crippen molar-refractivity contribution in [2.24, 2.45) is 5.73 Å². The van der Waals surface area contributed by atoms with Crippen LogP contribution in [0.1, 0.15) is 38.7 Å². The molecule has 0 bridgehead atoms. The van der Waals surface area contributed by atoms with Crippen LogP contribution in [-0.2, 0) is 5.54 Å². The number of nitrogens with two attached hydrogens (primary N) is 1. The highest BCUT2D eigenvalue weighted by molar-refractivity contribution is 5.14. The highest BCUT2D eigenvalue weighted by Crippen LogP contribution is 2.24. The van der Waals surface area contributed by atoms with E-state index in [0.29, 0.717) is 5.92 Å². The molecule has 0 radical (unpaired) electrons. The summed E-state index contributed by atoms with van der Waals surface area (Å²) in [5.41, 5.74) is 7.33. The van der Waals surface area contributed by atoms with Gasteiger partial charge in [0.25, 0.3) is 0 Å². The lowest BCUT2D eigenvalue weighted by Crippen LogP contribution is -2.43. The maximum absolute atomic E-state index is 5.97. The number of nitrogens with one attached hydrogen (secondary N) is 1. The summed E-state index contributed by atoms with van der Waals surface area (Å²) in [5, 5.41) is 7.80. The molecule has 1 aromatic heterocycles. The first kappa shape index (κ1) is 11.6. The first-order valence-corrected chi connectivity index (χ1v) is 5.98. The SMILES string of the molecule is CC(C)(C)n1cc(C2CNCC(N)C2)cn1. The number of piperidine rings is 1. The lowest BCUT2D eigenvalue weighted by molar-refractivity contribution is 0.354. The molecule has 90 valence electrons. The summed E-state index contributed by atoms with van der Waals surface area (Å²) in [4.78, 5) is 0. The van der Waals surface area contributed by atoms with Crippen LogP contribution in [0.4, 0.5) is 0 Å². The highest BCUT2D eigenvalue weighted by Gasteiger charge is 2.23. The zero-order valence-corrected chi connectivity index (χ0v) is 10.4. The van der Waals surface area contributed by atoms with Crippen LogP contribution in [-0.4, -0.2) is 28.9 Å². The van der Waals surface area contributed by atoms with E-state index in [1.54, 1.807) is 0 Å². The quantitative estimate of drug-likeness (QED) is 0.746. The molecule has 2 atom stereocenters. The molecule has 0 aliphatic carbocycles.